The Bertz CT molecular complexity index is 308. The van der Waals surface area contributed by atoms with Crippen molar-refractivity contribution in [2.75, 3.05) is 24.6 Å². The molecule has 2 fully saturated rings. The summed E-state index contributed by atoms with van der Waals surface area (Å²) < 4.78 is 0. The first-order valence-corrected chi connectivity index (χ1v) is 8.53. The molecule has 1 heterocycles. The molecule has 3 unspecified atom stereocenters. The van der Waals surface area contributed by atoms with E-state index in [0.29, 0.717) is 24.9 Å². The van der Waals surface area contributed by atoms with E-state index >= 15 is 0 Å². The second-order valence-corrected chi connectivity index (χ2v) is 7.28. The zero-order chi connectivity index (χ0) is 13.7. The number of carbonyl (C=O) groups is 1. The van der Waals surface area contributed by atoms with Gasteiger partial charge in [0.1, 0.15) is 0 Å². The standard InChI is InChI=1S/C14H26N2O2S/c1-11-3-2-4-14(18,8-11)10-16-13(17)7-12-9-19-6-5-15-12/h11-12,15,18H,2-10H2,1H3,(H,16,17). The van der Waals surface area contributed by atoms with Gasteiger partial charge in [-0.25, -0.2) is 0 Å². The predicted octanol–water partition coefficient (Wildman–Crippen LogP) is 1.14. The SMILES string of the molecule is CC1CCCC(O)(CNC(=O)CC2CSCCN2)C1. The highest BCUT2D eigenvalue weighted by Crippen LogP contribution is 2.31. The highest BCUT2D eigenvalue weighted by Gasteiger charge is 2.33. The van der Waals surface area contributed by atoms with Gasteiger partial charge in [0.25, 0.3) is 0 Å². The second-order valence-electron chi connectivity index (χ2n) is 6.13. The van der Waals surface area contributed by atoms with Crippen molar-refractivity contribution in [1.29, 1.82) is 0 Å². The minimum Gasteiger partial charge on any atom is -0.388 e. The molecule has 0 aromatic heterocycles. The highest BCUT2D eigenvalue weighted by molar-refractivity contribution is 7.99. The van der Waals surface area contributed by atoms with Crippen LogP contribution in [0.5, 0.6) is 0 Å². The summed E-state index contributed by atoms with van der Waals surface area (Å²) in [5, 5.41) is 16.7. The van der Waals surface area contributed by atoms with Crippen molar-refractivity contribution < 1.29 is 9.90 Å². The van der Waals surface area contributed by atoms with Crippen molar-refractivity contribution >= 4 is 17.7 Å². The van der Waals surface area contributed by atoms with Crippen LogP contribution in [0.15, 0.2) is 0 Å². The number of nitrogens with one attached hydrogen (secondary N) is 2. The van der Waals surface area contributed by atoms with E-state index in [9.17, 15) is 9.90 Å². The molecule has 0 aromatic carbocycles. The average molecular weight is 286 g/mol. The summed E-state index contributed by atoms with van der Waals surface area (Å²) in [4.78, 5) is 11.9. The van der Waals surface area contributed by atoms with Crippen molar-refractivity contribution in [2.24, 2.45) is 5.92 Å². The first-order valence-electron chi connectivity index (χ1n) is 7.38. The molecule has 1 amide bonds. The summed E-state index contributed by atoms with van der Waals surface area (Å²) in [5.41, 5.74) is -0.679. The van der Waals surface area contributed by atoms with Crippen LogP contribution in [-0.4, -0.2) is 47.3 Å². The van der Waals surface area contributed by atoms with Gasteiger partial charge in [-0.3, -0.25) is 4.79 Å². The van der Waals surface area contributed by atoms with Crippen molar-refractivity contribution in [3.8, 4) is 0 Å². The lowest BCUT2D eigenvalue weighted by Crippen LogP contribution is -2.47. The van der Waals surface area contributed by atoms with E-state index in [1.54, 1.807) is 0 Å². The van der Waals surface area contributed by atoms with Crippen molar-refractivity contribution in [1.82, 2.24) is 10.6 Å². The molecular weight excluding hydrogens is 260 g/mol. The van der Waals surface area contributed by atoms with Gasteiger partial charge < -0.3 is 15.7 Å². The summed E-state index contributed by atoms with van der Waals surface area (Å²) in [6.45, 7) is 3.58. The number of hydrogen-bond donors (Lipinski definition) is 3. The monoisotopic (exact) mass is 286 g/mol. The Morgan fingerprint density at radius 2 is 2.42 bits per heavy atom. The number of hydrogen-bond acceptors (Lipinski definition) is 4. The summed E-state index contributed by atoms with van der Waals surface area (Å²) in [5.74, 6) is 2.77. The quantitative estimate of drug-likeness (QED) is 0.725. The summed E-state index contributed by atoms with van der Waals surface area (Å²) in [7, 11) is 0. The smallest absolute Gasteiger partial charge is 0.221 e. The van der Waals surface area contributed by atoms with Gasteiger partial charge in [-0.05, 0) is 18.8 Å². The lowest BCUT2D eigenvalue weighted by molar-refractivity contribution is -0.123. The molecule has 3 N–H and O–H groups in total. The Hall–Kier alpha value is -0.260. The van der Waals surface area contributed by atoms with Gasteiger partial charge in [-0.2, -0.15) is 11.8 Å². The maximum Gasteiger partial charge on any atom is 0.221 e. The fourth-order valence-electron chi connectivity index (χ4n) is 3.10. The maximum atomic E-state index is 11.9. The van der Waals surface area contributed by atoms with Crippen LogP contribution >= 0.6 is 11.8 Å². The Morgan fingerprint density at radius 3 is 3.11 bits per heavy atom. The number of carbonyl (C=O) groups excluding carboxylic acids is 1. The van der Waals surface area contributed by atoms with Crippen molar-refractivity contribution in [3.63, 3.8) is 0 Å². The lowest BCUT2D eigenvalue weighted by atomic mass is 9.79. The Balaban J connectivity index is 1.70. The molecule has 0 spiro atoms. The van der Waals surface area contributed by atoms with Gasteiger partial charge in [0.15, 0.2) is 0 Å². The molecule has 0 radical (unpaired) electrons. The van der Waals surface area contributed by atoms with E-state index < -0.39 is 5.60 Å². The van der Waals surface area contributed by atoms with E-state index in [2.05, 4.69) is 17.6 Å². The van der Waals surface area contributed by atoms with Crippen LogP contribution in [-0.2, 0) is 4.79 Å². The summed E-state index contributed by atoms with van der Waals surface area (Å²) in [6, 6.07) is 0.290. The minimum absolute atomic E-state index is 0.0617. The zero-order valence-electron chi connectivity index (χ0n) is 11.8. The van der Waals surface area contributed by atoms with E-state index in [4.69, 9.17) is 0 Å². The van der Waals surface area contributed by atoms with Crippen molar-refractivity contribution in [3.05, 3.63) is 0 Å². The molecule has 19 heavy (non-hydrogen) atoms. The molecule has 3 atom stereocenters. The lowest BCUT2D eigenvalue weighted by Gasteiger charge is -2.35. The van der Waals surface area contributed by atoms with Gasteiger partial charge >= 0.3 is 0 Å². The van der Waals surface area contributed by atoms with Crippen LogP contribution in [0.2, 0.25) is 0 Å². The Morgan fingerprint density at radius 1 is 1.58 bits per heavy atom. The molecule has 2 aliphatic rings. The molecule has 1 aliphatic heterocycles. The number of aliphatic hydroxyl groups is 1. The molecule has 0 bridgehead atoms. The molecule has 1 saturated heterocycles. The zero-order valence-corrected chi connectivity index (χ0v) is 12.6. The van der Waals surface area contributed by atoms with Crippen LogP contribution in [0.4, 0.5) is 0 Å². The average Bonchev–Trinajstić information content (AvgIpc) is 2.38. The van der Waals surface area contributed by atoms with Gasteiger partial charge in [0.2, 0.25) is 5.91 Å². The third-order valence-corrected chi connectivity index (χ3v) is 5.24. The fourth-order valence-corrected chi connectivity index (χ4v) is 4.05. The molecule has 1 aliphatic carbocycles. The first kappa shape index (κ1) is 15.1. The van der Waals surface area contributed by atoms with Gasteiger partial charge in [-0.1, -0.05) is 19.8 Å². The maximum absolute atomic E-state index is 11.9. The molecule has 0 aromatic rings. The summed E-state index contributed by atoms with van der Waals surface area (Å²) in [6.07, 6.45) is 4.41. The predicted molar refractivity (Wildman–Crippen MR) is 79.3 cm³/mol. The van der Waals surface area contributed by atoms with E-state index in [1.807, 2.05) is 11.8 Å². The first-order chi connectivity index (χ1) is 9.07. The number of rotatable bonds is 4. The Labute approximate surface area is 120 Å². The van der Waals surface area contributed by atoms with Crippen LogP contribution < -0.4 is 10.6 Å². The van der Waals surface area contributed by atoms with E-state index in [0.717, 1.165) is 37.3 Å². The molecular formula is C14H26N2O2S. The van der Waals surface area contributed by atoms with Gasteiger partial charge in [-0.15, -0.1) is 0 Å². The third-order valence-electron chi connectivity index (χ3n) is 4.11. The molecule has 2 rings (SSSR count). The van der Waals surface area contributed by atoms with Gasteiger partial charge in [0.05, 0.1) is 5.60 Å². The third kappa shape index (κ3) is 4.97. The van der Waals surface area contributed by atoms with Crippen LogP contribution in [0.1, 0.15) is 39.0 Å². The molecule has 110 valence electrons. The molecule has 5 heteroatoms. The van der Waals surface area contributed by atoms with E-state index in [1.165, 1.54) is 6.42 Å². The van der Waals surface area contributed by atoms with Crippen molar-refractivity contribution in [2.45, 2.75) is 50.7 Å². The number of thioether (sulfide) groups is 1. The van der Waals surface area contributed by atoms with Crippen LogP contribution in [0.25, 0.3) is 0 Å². The number of amides is 1. The summed E-state index contributed by atoms with van der Waals surface area (Å²) >= 11 is 1.90. The van der Waals surface area contributed by atoms with Crippen LogP contribution in [0.3, 0.4) is 0 Å². The minimum atomic E-state index is -0.679. The van der Waals surface area contributed by atoms with E-state index in [-0.39, 0.29) is 5.91 Å². The Kier molecular flexibility index (Phi) is 5.54. The second kappa shape index (κ2) is 6.95. The molecule has 4 nitrogen and oxygen atoms in total. The van der Waals surface area contributed by atoms with Crippen LogP contribution in [0, 0.1) is 5.92 Å². The normalized spacial score (nSPS) is 35.9. The molecule has 1 saturated carbocycles. The largest absolute Gasteiger partial charge is 0.388 e. The topological polar surface area (TPSA) is 61.4 Å². The fraction of sp³-hybridized carbons (Fsp3) is 0.929. The highest BCUT2D eigenvalue weighted by atomic mass is 32.2. The van der Waals surface area contributed by atoms with Gasteiger partial charge in [0, 0.05) is 37.1 Å².